The molecule has 2 aromatic rings. The lowest BCUT2D eigenvalue weighted by Crippen LogP contribution is -2.44. The summed E-state index contributed by atoms with van der Waals surface area (Å²) in [5.74, 6) is 0.127. The number of amides is 1. The highest BCUT2D eigenvalue weighted by Crippen LogP contribution is 2.44. The van der Waals surface area contributed by atoms with Gasteiger partial charge in [0.15, 0.2) is 0 Å². The van der Waals surface area contributed by atoms with Crippen molar-refractivity contribution in [2.45, 2.75) is 25.7 Å². The summed E-state index contributed by atoms with van der Waals surface area (Å²) in [5.41, 5.74) is 0.668. The third kappa shape index (κ3) is 3.16. The van der Waals surface area contributed by atoms with Gasteiger partial charge in [-0.3, -0.25) is 4.79 Å². The molecule has 134 valence electrons. The summed E-state index contributed by atoms with van der Waals surface area (Å²) in [5, 5.41) is 10.6. The number of anilines is 1. The van der Waals surface area contributed by atoms with Gasteiger partial charge in [-0.1, -0.05) is 25.0 Å². The van der Waals surface area contributed by atoms with Gasteiger partial charge in [-0.15, -0.1) is 12.4 Å². The predicted octanol–water partition coefficient (Wildman–Crippen LogP) is 3.15. The molecule has 0 radical (unpaired) electrons. The van der Waals surface area contributed by atoms with E-state index in [0.717, 1.165) is 32.4 Å². The minimum Gasteiger partial charge on any atom is -0.323 e. The van der Waals surface area contributed by atoms with Crippen molar-refractivity contribution in [3.63, 3.8) is 0 Å². The van der Waals surface area contributed by atoms with E-state index in [0.29, 0.717) is 17.3 Å². The number of carbonyl (C=O) groups excluding carboxylic acids is 1. The molecule has 1 aromatic carbocycles. The molecule has 5 nitrogen and oxygen atoms in total. The second kappa shape index (κ2) is 7.14. The van der Waals surface area contributed by atoms with Crippen LogP contribution in [0, 0.1) is 17.2 Å². The van der Waals surface area contributed by atoms with E-state index < -0.39 is 0 Å². The van der Waals surface area contributed by atoms with Crippen molar-refractivity contribution in [1.29, 1.82) is 0 Å². The van der Waals surface area contributed by atoms with E-state index in [2.05, 4.69) is 15.7 Å². The lowest BCUT2D eigenvalue weighted by atomic mass is 9.67. The van der Waals surface area contributed by atoms with Crippen molar-refractivity contribution >= 4 is 24.0 Å². The monoisotopic (exact) mass is 364 g/mol. The van der Waals surface area contributed by atoms with Gasteiger partial charge < -0.3 is 10.6 Å². The van der Waals surface area contributed by atoms with Crippen LogP contribution in [0.15, 0.2) is 36.7 Å². The number of nitrogens with one attached hydrogen (secondary N) is 2. The van der Waals surface area contributed by atoms with Crippen molar-refractivity contribution in [2.24, 2.45) is 11.3 Å². The van der Waals surface area contributed by atoms with Gasteiger partial charge in [0.1, 0.15) is 11.5 Å². The quantitative estimate of drug-likeness (QED) is 0.879. The Labute approximate surface area is 152 Å². The van der Waals surface area contributed by atoms with E-state index in [4.69, 9.17) is 0 Å². The minimum absolute atomic E-state index is 0. The molecule has 2 aliphatic rings. The van der Waals surface area contributed by atoms with E-state index in [1.807, 2.05) is 0 Å². The Balaban J connectivity index is 0.00000182. The lowest BCUT2D eigenvalue weighted by Gasteiger charge is -2.36. The molecule has 1 aliphatic heterocycles. The number of hydrogen-bond donors (Lipinski definition) is 2. The van der Waals surface area contributed by atoms with Crippen LogP contribution in [0.5, 0.6) is 0 Å². The summed E-state index contributed by atoms with van der Waals surface area (Å²) in [7, 11) is 0. The fraction of sp³-hybridized carbons (Fsp3) is 0.444. The molecule has 25 heavy (non-hydrogen) atoms. The zero-order valence-electron chi connectivity index (χ0n) is 13.9. The van der Waals surface area contributed by atoms with Gasteiger partial charge in [0, 0.05) is 6.54 Å². The summed E-state index contributed by atoms with van der Waals surface area (Å²) in [6, 6.07) is 6.45. The molecular formula is C18H22ClFN4O. The molecular weight excluding hydrogens is 343 g/mol. The Hall–Kier alpha value is -1.92. The standard InChI is InChI=1S/C18H21FN4O.ClH/c19-15-6-1-2-7-16(15)23-11-14(10-21-23)22-17(24)18-8-4-3-5-13(18)9-20-12-18;/h1-2,6-7,10-11,13,20H,3-5,8-9,12H2,(H,22,24);1H/t13-,18+;/m0./s1. The van der Waals surface area contributed by atoms with E-state index in [9.17, 15) is 9.18 Å². The largest absolute Gasteiger partial charge is 0.323 e. The fourth-order valence-electron chi connectivity index (χ4n) is 4.10. The summed E-state index contributed by atoms with van der Waals surface area (Å²) in [4.78, 5) is 12.9. The molecule has 7 heteroatoms. The molecule has 1 saturated heterocycles. The number of rotatable bonds is 3. The smallest absolute Gasteiger partial charge is 0.232 e. The molecule has 2 heterocycles. The molecule has 2 atom stereocenters. The molecule has 1 amide bonds. The van der Waals surface area contributed by atoms with Crippen LogP contribution in [-0.2, 0) is 4.79 Å². The molecule has 1 aromatic heterocycles. The SMILES string of the molecule is Cl.O=C(Nc1cnn(-c2ccccc2F)c1)[C@@]12CCCC[C@H]1CNC2. The highest BCUT2D eigenvalue weighted by atomic mass is 35.5. The normalized spacial score (nSPS) is 25.1. The van der Waals surface area contributed by atoms with Crippen molar-refractivity contribution in [3.8, 4) is 5.69 Å². The average Bonchev–Trinajstić information content (AvgIpc) is 3.22. The van der Waals surface area contributed by atoms with Gasteiger partial charge in [0.2, 0.25) is 5.91 Å². The van der Waals surface area contributed by atoms with E-state index in [1.165, 1.54) is 17.2 Å². The maximum Gasteiger partial charge on any atom is 0.232 e. The number of aromatic nitrogens is 2. The summed E-state index contributed by atoms with van der Waals surface area (Å²) >= 11 is 0. The van der Waals surface area contributed by atoms with Gasteiger partial charge in [0.25, 0.3) is 0 Å². The van der Waals surface area contributed by atoms with E-state index >= 15 is 0 Å². The van der Waals surface area contributed by atoms with Crippen LogP contribution >= 0.6 is 12.4 Å². The minimum atomic E-state index is -0.343. The first kappa shape index (κ1) is 17.9. The highest BCUT2D eigenvalue weighted by molar-refractivity contribution is 5.96. The molecule has 2 N–H and O–H groups in total. The number of nitrogens with zero attached hydrogens (tertiary/aromatic N) is 2. The van der Waals surface area contributed by atoms with E-state index in [-0.39, 0.29) is 29.5 Å². The van der Waals surface area contributed by atoms with Gasteiger partial charge in [-0.05, 0) is 37.4 Å². The topological polar surface area (TPSA) is 59.0 Å². The zero-order chi connectivity index (χ0) is 16.6. The molecule has 0 unspecified atom stereocenters. The maximum absolute atomic E-state index is 13.9. The molecule has 2 fully saturated rings. The number of hydrogen-bond acceptors (Lipinski definition) is 3. The summed E-state index contributed by atoms with van der Waals surface area (Å²) in [6.07, 6.45) is 7.56. The van der Waals surface area contributed by atoms with Crippen molar-refractivity contribution in [3.05, 3.63) is 42.5 Å². The summed E-state index contributed by atoms with van der Waals surface area (Å²) in [6.45, 7) is 1.66. The third-order valence-electron chi connectivity index (χ3n) is 5.43. The van der Waals surface area contributed by atoms with Gasteiger partial charge in [-0.2, -0.15) is 5.10 Å². The van der Waals surface area contributed by atoms with Crippen molar-refractivity contribution < 1.29 is 9.18 Å². The zero-order valence-corrected chi connectivity index (χ0v) is 14.7. The maximum atomic E-state index is 13.9. The number of benzene rings is 1. The van der Waals surface area contributed by atoms with E-state index in [1.54, 1.807) is 30.6 Å². The predicted molar refractivity (Wildman–Crippen MR) is 96.7 cm³/mol. The van der Waals surface area contributed by atoms with Crippen LogP contribution in [0.25, 0.3) is 5.69 Å². The van der Waals surface area contributed by atoms with Crippen LogP contribution < -0.4 is 10.6 Å². The Morgan fingerprint density at radius 3 is 3.04 bits per heavy atom. The third-order valence-corrected chi connectivity index (χ3v) is 5.43. The summed E-state index contributed by atoms with van der Waals surface area (Å²) < 4.78 is 15.3. The van der Waals surface area contributed by atoms with Gasteiger partial charge >= 0.3 is 0 Å². The molecule has 0 bridgehead atoms. The van der Waals surface area contributed by atoms with Crippen molar-refractivity contribution in [1.82, 2.24) is 15.1 Å². The van der Waals surface area contributed by atoms with Gasteiger partial charge in [-0.25, -0.2) is 9.07 Å². The molecule has 1 aliphatic carbocycles. The number of halogens is 2. The van der Waals surface area contributed by atoms with Crippen LogP contribution in [0.4, 0.5) is 10.1 Å². The lowest BCUT2D eigenvalue weighted by molar-refractivity contribution is -0.128. The van der Waals surface area contributed by atoms with Crippen LogP contribution in [0.2, 0.25) is 0 Å². The Bertz CT molecular complexity index is 765. The van der Waals surface area contributed by atoms with Crippen LogP contribution in [-0.4, -0.2) is 28.8 Å². The Kier molecular flexibility index (Phi) is 5.11. The number of para-hydroxylation sites is 1. The first-order chi connectivity index (χ1) is 11.7. The second-order valence-electron chi connectivity index (χ2n) is 6.81. The fourth-order valence-corrected chi connectivity index (χ4v) is 4.10. The first-order valence-electron chi connectivity index (χ1n) is 8.51. The Morgan fingerprint density at radius 2 is 2.20 bits per heavy atom. The number of fused-ring (bicyclic) bond motifs is 1. The van der Waals surface area contributed by atoms with Crippen LogP contribution in [0.1, 0.15) is 25.7 Å². The highest BCUT2D eigenvalue weighted by Gasteiger charge is 2.49. The molecule has 1 saturated carbocycles. The average molecular weight is 365 g/mol. The molecule has 0 spiro atoms. The second-order valence-corrected chi connectivity index (χ2v) is 6.81. The first-order valence-corrected chi connectivity index (χ1v) is 8.51. The number of carbonyl (C=O) groups is 1. The Morgan fingerprint density at radius 1 is 1.36 bits per heavy atom. The van der Waals surface area contributed by atoms with Crippen molar-refractivity contribution in [2.75, 3.05) is 18.4 Å². The van der Waals surface area contributed by atoms with Crippen LogP contribution in [0.3, 0.4) is 0 Å². The van der Waals surface area contributed by atoms with Gasteiger partial charge in [0.05, 0.1) is 23.5 Å². The molecule has 4 rings (SSSR count).